The summed E-state index contributed by atoms with van der Waals surface area (Å²) >= 11 is 0. The number of fused-ring (bicyclic) bond motifs is 1. The molecule has 0 radical (unpaired) electrons. The minimum Gasteiger partial charge on any atom is -0.489 e. The molecule has 8 nitrogen and oxygen atoms in total. The number of hydrogen-bond donors (Lipinski definition) is 4. The number of benzene rings is 2. The fourth-order valence-electron chi connectivity index (χ4n) is 3.72. The highest BCUT2D eigenvalue weighted by molar-refractivity contribution is 5.82. The van der Waals surface area contributed by atoms with Gasteiger partial charge in [0.1, 0.15) is 18.5 Å². The van der Waals surface area contributed by atoms with Crippen LogP contribution in [0.2, 0.25) is 0 Å². The van der Waals surface area contributed by atoms with Gasteiger partial charge in [-0.2, -0.15) is 0 Å². The van der Waals surface area contributed by atoms with Crippen molar-refractivity contribution in [1.82, 2.24) is 15.9 Å². The van der Waals surface area contributed by atoms with Gasteiger partial charge in [-0.05, 0) is 61.9 Å². The zero-order valence-electron chi connectivity index (χ0n) is 18.0. The first-order valence-electron chi connectivity index (χ1n) is 10.3. The Morgan fingerprint density at radius 1 is 1.28 bits per heavy atom. The molecule has 1 aliphatic heterocycles. The van der Waals surface area contributed by atoms with Gasteiger partial charge in [0.05, 0.1) is 16.8 Å². The molecule has 3 aromatic rings. The second kappa shape index (κ2) is 8.96. The number of hydrogen-bond acceptors (Lipinski definition) is 7. The third kappa shape index (κ3) is 4.72. The van der Waals surface area contributed by atoms with Crippen LogP contribution in [0, 0.1) is 6.92 Å². The van der Waals surface area contributed by atoms with Crippen molar-refractivity contribution < 1.29 is 19.6 Å². The van der Waals surface area contributed by atoms with E-state index in [0.29, 0.717) is 6.61 Å². The molecule has 2 heterocycles. The van der Waals surface area contributed by atoms with E-state index in [1.165, 1.54) is 0 Å². The average molecular weight is 434 g/mol. The van der Waals surface area contributed by atoms with Gasteiger partial charge in [-0.15, -0.1) is 0 Å². The van der Waals surface area contributed by atoms with Gasteiger partial charge in [0.25, 0.3) is 0 Å². The largest absolute Gasteiger partial charge is 0.489 e. The van der Waals surface area contributed by atoms with Gasteiger partial charge in [0, 0.05) is 23.1 Å². The average Bonchev–Trinajstić information content (AvgIpc) is 3.29. The summed E-state index contributed by atoms with van der Waals surface area (Å²) in [5.74, 6) is 0.172. The fraction of sp³-hybridized carbons (Fsp3) is 0.250. The summed E-state index contributed by atoms with van der Waals surface area (Å²) in [6.07, 6.45) is 1.20. The number of ether oxygens (including phenoxy) is 1. The number of pyridine rings is 1. The van der Waals surface area contributed by atoms with Gasteiger partial charge in [-0.25, -0.2) is 5.48 Å². The number of aromatic nitrogens is 1. The van der Waals surface area contributed by atoms with Crippen LogP contribution in [0.3, 0.4) is 0 Å². The molecule has 5 N–H and O–H groups in total. The van der Waals surface area contributed by atoms with Crippen LogP contribution in [0.1, 0.15) is 30.2 Å². The summed E-state index contributed by atoms with van der Waals surface area (Å²) < 4.78 is 6.02. The van der Waals surface area contributed by atoms with E-state index >= 15 is 0 Å². The van der Waals surface area contributed by atoms with E-state index in [0.717, 1.165) is 39.2 Å². The zero-order chi connectivity index (χ0) is 22.7. The summed E-state index contributed by atoms with van der Waals surface area (Å²) in [5.41, 5.74) is 14.3. The van der Waals surface area contributed by atoms with E-state index in [9.17, 15) is 4.79 Å². The Kier molecular flexibility index (Phi) is 6.09. The first-order chi connectivity index (χ1) is 15.4. The lowest BCUT2D eigenvalue weighted by Gasteiger charge is -2.27. The maximum absolute atomic E-state index is 11.5. The van der Waals surface area contributed by atoms with Crippen molar-refractivity contribution in [2.45, 2.75) is 38.5 Å². The third-order valence-electron chi connectivity index (χ3n) is 5.42. The molecule has 32 heavy (non-hydrogen) atoms. The molecule has 1 aromatic heterocycles. The molecule has 2 unspecified atom stereocenters. The first kappa shape index (κ1) is 21.8. The van der Waals surface area contributed by atoms with Gasteiger partial charge < -0.3 is 10.5 Å². The molecule has 166 valence electrons. The Hall–Kier alpha value is -3.46. The Labute approximate surface area is 186 Å². The van der Waals surface area contributed by atoms with E-state index in [2.05, 4.69) is 10.5 Å². The molecule has 8 heteroatoms. The molecule has 2 aromatic carbocycles. The number of para-hydroxylation sites is 1. The van der Waals surface area contributed by atoms with Gasteiger partial charge >= 0.3 is 0 Å². The van der Waals surface area contributed by atoms with Crippen molar-refractivity contribution >= 4 is 22.5 Å². The molecule has 0 bridgehead atoms. The number of nitrogens with two attached hydrogens (primary N) is 1. The molecule has 0 saturated carbocycles. The topological polar surface area (TPSA) is 119 Å². The maximum atomic E-state index is 11.5. The summed E-state index contributed by atoms with van der Waals surface area (Å²) in [4.78, 5) is 21.6. The summed E-state index contributed by atoms with van der Waals surface area (Å²) in [6, 6.07) is 17.7. The quantitative estimate of drug-likeness (QED) is 0.333. The zero-order valence-corrected chi connectivity index (χ0v) is 18.0. The molecular formula is C24H26N4O4. The second-order valence-corrected chi connectivity index (χ2v) is 8.19. The molecular weight excluding hydrogens is 408 g/mol. The Morgan fingerprint density at radius 2 is 2.03 bits per heavy atom. The highest BCUT2D eigenvalue weighted by Crippen LogP contribution is 2.27. The van der Waals surface area contributed by atoms with Crippen LogP contribution in [0.4, 0.5) is 0 Å². The highest BCUT2D eigenvalue weighted by Gasteiger charge is 2.36. The van der Waals surface area contributed by atoms with Gasteiger partial charge in [0.2, 0.25) is 5.91 Å². The van der Waals surface area contributed by atoms with Gasteiger partial charge in [-0.1, -0.05) is 18.2 Å². The van der Waals surface area contributed by atoms with Crippen LogP contribution in [0.25, 0.3) is 16.6 Å². The van der Waals surface area contributed by atoms with Gasteiger partial charge in [0.15, 0.2) is 0 Å². The van der Waals surface area contributed by atoms with Crippen molar-refractivity contribution in [3.8, 4) is 5.75 Å². The van der Waals surface area contributed by atoms with E-state index in [4.69, 9.17) is 20.5 Å². The lowest BCUT2D eigenvalue weighted by atomic mass is 9.91. The fourth-order valence-corrected chi connectivity index (χ4v) is 3.72. The standard InChI is InChI=1S/C24H26N4O4/c1-15-11-17(19-5-3-4-6-20(19)26-15)14-31-18-9-7-16(8-10-18)21-12-22(32-28-21)24(2,25)13-23(29)27-30/h3-12,22,28,30H,13-14,25H2,1-2H3,(H,27,29). The van der Waals surface area contributed by atoms with Crippen LogP contribution in [-0.4, -0.2) is 27.7 Å². The number of aryl methyl sites for hydroxylation is 1. The minimum absolute atomic E-state index is 0.0877. The van der Waals surface area contributed by atoms with Crippen LogP contribution < -0.4 is 21.4 Å². The van der Waals surface area contributed by atoms with E-state index in [1.54, 1.807) is 12.4 Å². The lowest BCUT2D eigenvalue weighted by molar-refractivity contribution is -0.131. The van der Waals surface area contributed by atoms with E-state index in [-0.39, 0.29) is 6.42 Å². The van der Waals surface area contributed by atoms with Crippen molar-refractivity contribution in [3.63, 3.8) is 0 Å². The van der Waals surface area contributed by atoms with E-state index < -0.39 is 17.6 Å². The van der Waals surface area contributed by atoms with Crippen molar-refractivity contribution in [1.29, 1.82) is 0 Å². The van der Waals surface area contributed by atoms with Gasteiger partial charge in [-0.3, -0.25) is 25.3 Å². The summed E-state index contributed by atoms with van der Waals surface area (Å²) in [5, 5.41) is 9.82. The molecule has 0 fully saturated rings. The predicted molar refractivity (Wildman–Crippen MR) is 120 cm³/mol. The molecule has 2 atom stereocenters. The number of carbonyl (C=O) groups excluding carboxylic acids is 1. The molecule has 0 aliphatic carbocycles. The smallest absolute Gasteiger partial charge is 0.245 e. The van der Waals surface area contributed by atoms with Crippen LogP contribution in [-0.2, 0) is 16.2 Å². The normalized spacial score (nSPS) is 17.4. The third-order valence-corrected chi connectivity index (χ3v) is 5.42. The highest BCUT2D eigenvalue weighted by atomic mass is 16.7. The molecule has 0 saturated heterocycles. The van der Waals surface area contributed by atoms with E-state index in [1.807, 2.05) is 67.6 Å². The first-order valence-corrected chi connectivity index (χ1v) is 10.3. The van der Waals surface area contributed by atoms with Crippen LogP contribution in [0.15, 0.2) is 60.7 Å². The van der Waals surface area contributed by atoms with Crippen molar-refractivity contribution in [3.05, 3.63) is 77.5 Å². The Bertz CT molecular complexity index is 1160. The molecule has 0 spiro atoms. The molecule has 1 amide bonds. The number of nitrogens with zero attached hydrogens (tertiary/aromatic N) is 1. The SMILES string of the molecule is Cc1cc(COc2ccc(C3=CC(C(C)(N)CC(=O)NO)ON3)cc2)c2ccccc2n1. The van der Waals surface area contributed by atoms with Crippen LogP contribution in [0.5, 0.6) is 5.75 Å². The summed E-state index contributed by atoms with van der Waals surface area (Å²) in [7, 11) is 0. The monoisotopic (exact) mass is 434 g/mol. The molecule has 1 aliphatic rings. The minimum atomic E-state index is -0.990. The van der Waals surface area contributed by atoms with Crippen molar-refractivity contribution in [2.24, 2.45) is 5.73 Å². The summed E-state index contributed by atoms with van der Waals surface area (Å²) in [6.45, 7) is 4.11. The number of nitrogens with one attached hydrogen (secondary N) is 2. The number of hydroxylamine groups is 2. The Balaban J connectivity index is 1.44. The second-order valence-electron chi connectivity index (χ2n) is 8.19. The number of amides is 1. The van der Waals surface area contributed by atoms with Crippen molar-refractivity contribution in [2.75, 3.05) is 0 Å². The Morgan fingerprint density at radius 3 is 2.78 bits per heavy atom. The number of rotatable bonds is 7. The maximum Gasteiger partial charge on any atom is 0.245 e. The van der Waals surface area contributed by atoms with Crippen LogP contribution >= 0.6 is 0 Å². The molecule has 4 rings (SSSR count). The lowest BCUT2D eigenvalue weighted by Crippen LogP contribution is -2.51. The predicted octanol–water partition coefficient (Wildman–Crippen LogP) is 2.98. The number of carbonyl (C=O) groups is 1.